The molecule has 0 radical (unpaired) electrons. The van der Waals surface area contributed by atoms with E-state index in [4.69, 9.17) is 4.52 Å². The molecule has 1 saturated heterocycles. The quantitative estimate of drug-likeness (QED) is 0.365. The lowest BCUT2D eigenvalue weighted by molar-refractivity contribution is 0.194. The summed E-state index contributed by atoms with van der Waals surface area (Å²) in [5.41, 5.74) is 2.24. The maximum atomic E-state index is 5.40. The normalized spacial score (nSPS) is 15.7. The summed E-state index contributed by atoms with van der Waals surface area (Å²) in [5, 5.41) is 7.51. The molecule has 7 heteroatoms. The van der Waals surface area contributed by atoms with Gasteiger partial charge in [0.05, 0.1) is 12.2 Å². The number of aromatic nitrogens is 1. The van der Waals surface area contributed by atoms with Crippen LogP contribution >= 0.6 is 24.0 Å². The van der Waals surface area contributed by atoms with Gasteiger partial charge in [-0.2, -0.15) is 0 Å². The lowest BCUT2D eigenvalue weighted by Gasteiger charge is -2.36. The van der Waals surface area contributed by atoms with Crippen molar-refractivity contribution in [3.63, 3.8) is 0 Å². The molecular weight excluding hydrogens is 477 g/mol. The minimum Gasteiger partial charge on any atom is -0.359 e. The Bertz CT molecular complexity index is 780. The Labute approximate surface area is 191 Å². The van der Waals surface area contributed by atoms with Gasteiger partial charge < -0.3 is 14.7 Å². The fourth-order valence-electron chi connectivity index (χ4n) is 3.23. The molecule has 0 amide bonds. The maximum absolute atomic E-state index is 5.40. The number of rotatable bonds is 6. The second-order valence-electron chi connectivity index (χ2n) is 7.37. The van der Waals surface area contributed by atoms with Gasteiger partial charge in [0.2, 0.25) is 0 Å². The predicted molar refractivity (Wildman–Crippen MR) is 130 cm³/mol. The van der Waals surface area contributed by atoms with E-state index in [0.29, 0.717) is 12.5 Å². The SMILES string of the molecule is CN=C(NCc1cc(C(C)C)no1)N1CCN(C/C=C/c2ccccc2)CC1.I. The molecule has 0 saturated carbocycles. The zero-order chi connectivity index (χ0) is 19.8. The van der Waals surface area contributed by atoms with E-state index in [1.807, 2.05) is 19.2 Å². The molecule has 6 nitrogen and oxygen atoms in total. The van der Waals surface area contributed by atoms with E-state index >= 15 is 0 Å². The number of hydrogen-bond acceptors (Lipinski definition) is 4. The second-order valence-corrected chi connectivity index (χ2v) is 7.37. The largest absolute Gasteiger partial charge is 0.359 e. The maximum Gasteiger partial charge on any atom is 0.194 e. The Kier molecular flexibility index (Phi) is 9.66. The summed E-state index contributed by atoms with van der Waals surface area (Å²) < 4.78 is 5.40. The van der Waals surface area contributed by atoms with Crippen LogP contribution in [0.5, 0.6) is 0 Å². The lowest BCUT2D eigenvalue weighted by Crippen LogP contribution is -2.52. The van der Waals surface area contributed by atoms with Crippen LogP contribution in [0.2, 0.25) is 0 Å². The van der Waals surface area contributed by atoms with Crippen molar-refractivity contribution in [3.8, 4) is 0 Å². The van der Waals surface area contributed by atoms with Crippen molar-refractivity contribution < 1.29 is 4.52 Å². The summed E-state index contributed by atoms with van der Waals surface area (Å²) >= 11 is 0. The van der Waals surface area contributed by atoms with E-state index in [0.717, 1.165) is 50.1 Å². The molecule has 0 unspecified atom stereocenters. The Morgan fingerprint density at radius 1 is 1.21 bits per heavy atom. The first-order valence-corrected chi connectivity index (χ1v) is 10.0. The van der Waals surface area contributed by atoms with Gasteiger partial charge in [0.1, 0.15) is 0 Å². The molecule has 158 valence electrons. The molecule has 0 atom stereocenters. The third-order valence-electron chi connectivity index (χ3n) is 4.95. The minimum absolute atomic E-state index is 0. The Morgan fingerprint density at radius 2 is 1.93 bits per heavy atom. The van der Waals surface area contributed by atoms with Crippen molar-refractivity contribution in [1.29, 1.82) is 0 Å². The number of aliphatic imine (C=N–C) groups is 1. The highest BCUT2D eigenvalue weighted by atomic mass is 127. The number of halogens is 1. The van der Waals surface area contributed by atoms with Crippen LogP contribution in [0.25, 0.3) is 6.08 Å². The van der Waals surface area contributed by atoms with Gasteiger partial charge in [0.15, 0.2) is 11.7 Å². The standard InChI is InChI=1S/C22H31N5O.HI/c1-18(2)21-16-20(28-25-21)17-24-22(23-3)27-14-12-26(13-15-27)11-7-10-19-8-5-4-6-9-19;/h4-10,16,18H,11-15,17H2,1-3H3,(H,23,24);1H/b10-7+;. The zero-order valence-electron chi connectivity index (χ0n) is 17.5. The molecule has 3 rings (SSSR count). The number of hydrogen-bond donors (Lipinski definition) is 1. The summed E-state index contributed by atoms with van der Waals surface area (Å²) in [6, 6.07) is 12.5. The van der Waals surface area contributed by atoms with Gasteiger partial charge in [-0.3, -0.25) is 9.89 Å². The smallest absolute Gasteiger partial charge is 0.194 e. The van der Waals surface area contributed by atoms with Crippen molar-refractivity contribution >= 4 is 36.0 Å². The van der Waals surface area contributed by atoms with Crippen LogP contribution < -0.4 is 5.32 Å². The summed E-state index contributed by atoms with van der Waals surface area (Å²) in [6.45, 7) is 9.79. The first-order chi connectivity index (χ1) is 13.7. The molecule has 0 bridgehead atoms. The number of nitrogens with one attached hydrogen (secondary N) is 1. The topological polar surface area (TPSA) is 56.9 Å². The lowest BCUT2D eigenvalue weighted by atomic mass is 10.1. The van der Waals surface area contributed by atoms with Gasteiger partial charge in [-0.15, -0.1) is 24.0 Å². The predicted octanol–water partition coefficient (Wildman–Crippen LogP) is 3.82. The number of piperazine rings is 1. The van der Waals surface area contributed by atoms with Crippen LogP contribution in [0.15, 0.2) is 52.0 Å². The Balaban J connectivity index is 0.00000300. The second kappa shape index (κ2) is 12.0. The molecular formula is C22H32IN5O. The van der Waals surface area contributed by atoms with E-state index in [9.17, 15) is 0 Å². The molecule has 1 aromatic carbocycles. The van der Waals surface area contributed by atoms with E-state index in [-0.39, 0.29) is 24.0 Å². The Morgan fingerprint density at radius 3 is 2.55 bits per heavy atom. The molecule has 29 heavy (non-hydrogen) atoms. The highest BCUT2D eigenvalue weighted by Gasteiger charge is 2.19. The third kappa shape index (κ3) is 7.15. The monoisotopic (exact) mass is 509 g/mol. The molecule has 0 spiro atoms. The van der Waals surface area contributed by atoms with Gasteiger partial charge >= 0.3 is 0 Å². The van der Waals surface area contributed by atoms with Crippen molar-refractivity contribution in [2.75, 3.05) is 39.8 Å². The minimum atomic E-state index is 0. The number of nitrogens with zero attached hydrogens (tertiary/aromatic N) is 4. The summed E-state index contributed by atoms with van der Waals surface area (Å²) in [6.07, 6.45) is 4.43. The van der Waals surface area contributed by atoms with E-state index < -0.39 is 0 Å². The van der Waals surface area contributed by atoms with Gasteiger partial charge in [-0.25, -0.2) is 0 Å². The highest BCUT2D eigenvalue weighted by Crippen LogP contribution is 2.14. The van der Waals surface area contributed by atoms with Crippen LogP contribution in [0.1, 0.15) is 36.8 Å². The van der Waals surface area contributed by atoms with Crippen LogP contribution in [0.3, 0.4) is 0 Å². The molecule has 2 aromatic rings. The highest BCUT2D eigenvalue weighted by molar-refractivity contribution is 14.0. The van der Waals surface area contributed by atoms with Gasteiger partial charge in [0, 0.05) is 45.8 Å². The van der Waals surface area contributed by atoms with Crippen molar-refractivity contribution in [1.82, 2.24) is 20.3 Å². The average Bonchev–Trinajstić information content (AvgIpc) is 3.20. The number of guanidine groups is 1. The van der Waals surface area contributed by atoms with E-state index in [1.165, 1.54) is 5.56 Å². The third-order valence-corrected chi connectivity index (χ3v) is 4.95. The molecule has 2 heterocycles. The molecule has 1 aliphatic heterocycles. The molecule has 1 fully saturated rings. The fourth-order valence-corrected chi connectivity index (χ4v) is 3.23. The van der Waals surface area contributed by atoms with Crippen LogP contribution in [0.4, 0.5) is 0 Å². The number of benzene rings is 1. The molecule has 1 aromatic heterocycles. The van der Waals surface area contributed by atoms with Crippen LogP contribution in [-0.2, 0) is 6.54 Å². The summed E-state index contributed by atoms with van der Waals surface area (Å²) in [5.74, 6) is 2.14. The summed E-state index contributed by atoms with van der Waals surface area (Å²) in [4.78, 5) is 9.20. The average molecular weight is 509 g/mol. The van der Waals surface area contributed by atoms with Gasteiger partial charge in [-0.1, -0.05) is 61.5 Å². The first-order valence-electron chi connectivity index (χ1n) is 10.0. The van der Waals surface area contributed by atoms with Crippen molar-refractivity contribution in [2.45, 2.75) is 26.3 Å². The zero-order valence-corrected chi connectivity index (χ0v) is 19.9. The molecule has 1 N–H and O–H groups in total. The molecule has 0 aliphatic carbocycles. The van der Waals surface area contributed by atoms with Crippen LogP contribution in [0, 0.1) is 0 Å². The Hall–Kier alpha value is -1.87. The van der Waals surface area contributed by atoms with E-state index in [1.54, 1.807) is 0 Å². The van der Waals surface area contributed by atoms with Gasteiger partial charge in [0.25, 0.3) is 0 Å². The van der Waals surface area contributed by atoms with Crippen molar-refractivity contribution in [2.24, 2.45) is 4.99 Å². The molecule has 1 aliphatic rings. The first kappa shape index (κ1) is 23.4. The van der Waals surface area contributed by atoms with E-state index in [2.05, 4.69) is 75.5 Å². The fraction of sp³-hybridized carbons (Fsp3) is 0.455. The van der Waals surface area contributed by atoms with Gasteiger partial charge in [-0.05, 0) is 11.5 Å². The summed E-state index contributed by atoms with van der Waals surface area (Å²) in [7, 11) is 1.83. The van der Waals surface area contributed by atoms with Crippen LogP contribution in [-0.4, -0.2) is 60.7 Å². The van der Waals surface area contributed by atoms with Crippen molar-refractivity contribution in [3.05, 3.63) is 59.5 Å².